The van der Waals surface area contributed by atoms with Crippen molar-refractivity contribution in [1.29, 1.82) is 0 Å². The molecule has 1 amide bonds. The first-order chi connectivity index (χ1) is 14.4. The Bertz CT molecular complexity index is 997. The van der Waals surface area contributed by atoms with Gasteiger partial charge in [0.15, 0.2) is 0 Å². The highest BCUT2D eigenvalue weighted by molar-refractivity contribution is 7.89. The SMILES string of the molecule is O=C(c1cccc(S(=O)(=O)N2CCOCC2)c1)N1CCN(Cc2ccc(Cl)s2)CC1. The maximum Gasteiger partial charge on any atom is 0.253 e. The van der Waals surface area contributed by atoms with Gasteiger partial charge in [0.05, 0.1) is 22.4 Å². The van der Waals surface area contributed by atoms with E-state index in [-0.39, 0.29) is 10.8 Å². The average molecular weight is 470 g/mol. The minimum absolute atomic E-state index is 0.132. The van der Waals surface area contributed by atoms with Gasteiger partial charge in [0, 0.05) is 56.3 Å². The molecule has 10 heteroatoms. The zero-order valence-corrected chi connectivity index (χ0v) is 18.9. The summed E-state index contributed by atoms with van der Waals surface area (Å²) in [6.45, 7) is 5.03. The molecule has 7 nitrogen and oxygen atoms in total. The number of nitrogens with zero attached hydrogens (tertiary/aromatic N) is 3. The van der Waals surface area contributed by atoms with Crippen molar-refractivity contribution in [2.24, 2.45) is 0 Å². The molecule has 2 aromatic rings. The lowest BCUT2D eigenvalue weighted by Crippen LogP contribution is -2.48. The molecule has 1 aromatic heterocycles. The number of thiophene rings is 1. The smallest absolute Gasteiger partial charge is 0.253 e. The number of piperazine rings is 1. The molecule has 1 aromatic carbocycles. The van der Waals surface area contributed by atoms with Crippen molar-refractivity contribution in [2.45, 2.75) is 11.4 Å². The zero-order valence-electron chi connectivity index (χ0n) is 16.5. The van der Waals surface area contributed by atoms with Gasteiger partial charge in [-0.15, -0.1) is 11.3 Å². The van der Waals surface area contributed by atoms with Crippen molar-refractivity contribution in [1.82, 2.24) is 14.1 Å². The van der Waals surface area contributed by atoms with E-state index in [4.69, 9.17) is 16.3 Å². The Morgan fingerprint density at radius 2 is 1.77 bits per heavy atom. The minimum Gasteiger partial charge on any atom is -0.379 e. The molecule has 0 unspecified atom stereocenters. The number of hydrogen-bond acceptors (Lipinski definition) is 6. The fourth-order valence-electron chi connectivity index (χ4n) is 3.67. The molecule has 2 aliphatic rings. The molecule has 2 saturated heterocycles. The first-order valence-corrected chi connectivity index (χ1v) is 12.5. The maximum absolute atomic E-state index is 13.0. The monoisotopic (exact) mass is 469 g/mol. The van der Waals surface area contributed by atoms with Gasteiger partial charge in [-0.25, -0.2) is 8.42 Å². The first kappa shape index (κ1) is 21.7. The van der Waals surface area contributed by atoms with Crippen molar-refractivity contribution in [3.63, 3.8) is 0 Å². The van der Waals surface area contributed by atoms with Gasteiger partial charge >= 0.3 is 0 Å². The third-order valence-electron chi connectivity index (χ3n) is 5.36. The van der Waals surface area contributed by atoms with Crippen LogP contribution < -0.4 is 0 Å². The molecule has 162 valence electrons. The zero-order chi connectivity index (χ0) is 21.1. The van der Waals surface area contributed by atoms with Gasteiger partial charge < -0.3 is 9.64 Å². The van der Waals surface area contributed by atoms with E-state index < -0.39 is 10.0 Å². The summed E-state index contributed by atoms with van der Waals surface area (Å²) in [5, 5.41) is 0. The number of morpholine rings is 1. The predicted octanol–water partition coefficient (Wildman–Crippen LogP) is 2.38. The van der Waals surface area contributed by atoms with E-state index in [0.717, 1.165) is 24.0 Å². The standard InChI is InChI=1S/C20H24ClN3O4S2/c21-19-5-4-17(29-19)15-22-6-8-23(9-7-22)20(25)16-2-1-3-18(14-16)30(26,27)24-10-12-28-13-11-24/h1-5,14H,6-13,15H2. The Kier molecular flexibility index (Phi) is 6.76. The number of ether oxygens (including phenoxy) is 1. The Morgan fingerprint density at radius 1 is 1.03 bits per heavy atom. The molecule has 4 rings (SSSR count). The largest absolute Gasteiger partial charge is 0.379 e. The molecule has 0 saturated carbocycles. The average Bonchev–Trinajstić information content (AvgIpc) is 3.19. The van der Waals surface area contributed by atoms with Gasteiger partial charge in [-0.1, -0.05) is 17.7 Å². The van der Waals surface area contributed by atoms with Crippen LogP contribution in [-0.4, -0.2) is 80.9 Å². The van der Waals surface area contributed by atoms with E-state index in [0.29, 0.717) is 45.0 Å². The number of carbonyl (C=O) groups excluding carboxylic acids is 1. The van der Waals surface area contributed by atoms with E-state index in [1.165, 1.54) is 15.2 Å². The molecule has 30 heavy (non-hydrogen) atoms. The quantitative estimate of drug-likeness (QED) is 0.672. The van der Waals surface area contributed by atoms with Gasteiger partial charge in [-0.3, -0.25) is 9.69 Å². The second-order valence-electron chi connectivity index (χ2n) is 7.32. The second kappa shape index (κ2) is 9.33. The number of carbonyl (C=O) groups is 1. The molecule has 0 aliphatic carbocycles. The van der Waals surface area contributed by atoms with Crippen LogP contribution in [0.1, 0.15) is 15.2 Å². The number of benzene rings is 1. The predicted molar refractivity (Wildman–Crippen MR) is 117 cm³/mol. The second-order valence-corrected chi connectivity index (χ2v) is 11.1. The van der Waals surface area contributed by atoms with Crippen LogP contribution in [0, 0.1) is 0 Å². The number of hydrogen-bond donors (Lipinski definition) is 0. The third kappa shape index (κ3) is 4.87. The van der Waals surface area contributed by atoms with Gasteiger partial charge in [-0.2, -0.15) is 4.31 Å². The van der Waals surface area contributed by atoms with E-state index in [9.17, 15) is 13.2 Å². The van der Waals surface area contributed by atoms with Gasteiger partial charge in [0.25, 0.3) is 5.91 Å². The number of rotatable bonds is 5. The summed E-state index contributed by atoms with van der Waals surface area (Å²) in [4.78, 5) is 18.4. The summed E-state index contributed by atoms with van der Waals surface area (Å²) in [7, 11) is -3.63. The minimum atomic E-state index is -3.63. The van der Waals surface area contributed by atoms with Crippen LogP contribution in [0.5, 0.6) is 0 Å². The van der Waals surface area contributed by atoms with E-state index in [1.807, 2.05) is 12.1 Å². The molecule has 0 spiro atoms. The molecule has 3 heterocycles. The van der Waals surface area contributed by atoms with Gasteiger partial charge in [-0.05, 0) is 30.3 Å². The van der Waals surface area contributed by atoms with Crippen molar-refractivity contribution >= 4 is 38.9 Å². The van der Waals surface area contributed by atoms with Gasteiger partial charge in [0.2, 0.25) is 10.0 Å². The van der Waals surface area contributed by atoms with Crippen LogP contribution in [0.3, 0.4) is 0 Å². The number of halogens is 1. The third-order valence-corrected chi connectivity index (χ3v) is 8.47. The van der Waals surface area contributed by atoms with Crippen molar-refractivity contribution in [2.75, 3.05) is 52.5 Å². The fraction of sp³-hybridized carbons (Fsp3) is 0.450. The van der Waals surface area contributed by atoms with Crippen LogP contribution in [0.2, 0.25) is 4.34 Å². The van der Waals surface area contributed by atoms with Crippen molar-refractivity contribution < 1.29 is 17.9 Å². The lowest BCUT2D eigenvalue weighted by molar-refractivity contribution is 0.0629. The van der Waals surface area contributed by atoms with Gasteiger partial charge in [0.1, 0.15) is 0 Å². The maximum atomic E-state index is 13.0. The summed E-state index contributed by atoms with van der Waals surface area (Å²) < 4.78 is 33.2. The first-order valence-electron chi connectivity index (χ1n) is 9.87. The highest BCUT2D eigenvalue weighted by Gasteiger charge is 2.28. The molecule has 2 fully saturated rings. The number of sulfonamides is 1. The van der Waals surface area contributed by atoms with E-state index in [2.05, 4.69) is 4.90 Å². The van der Waals surface area contributed by atoms with Crippen molar-refractivity contribution in [3.05, 3.63) is 51.2 Å². The molecule has 0 bridgehead atoms. The van der Waals surface area contributed by atoms with Crippen LogP contribution in [-0.2, 0) is 21.3 Å². The Morgan fingerprint density at radius 3 is 2.43 bits per heavy atom. The molecule has 2 aliphatic heterocycles. The highest BCUT2D eigenvalue weighted by Crippen LogP contribution is 2.24. The number of amides is 1. The molecular formula is C20H24ClN3O4S2. The topological polar surface area (TPSA) is 70.2 Å². The molecule has 0 N–H and O–H groups in total. The lowest BCUT2D eigenvalue weighted by atomic mass is 10.2. The summed E-state index contributed by atoms with van der Waals surface area (Å²) in [6, 6.07) is 10.3. The summed E-state index contributed by atoms with van der Waals surface area (Å²) in [5.74, 6) is -0.132. The Balaban J connectivity index is 1.40. The van der Waals surface area contributed by atoms with Crippen molar-refractivity contribution in [3.8, 4) is 0 Å². The van der Waals surface area contributed by atoms with E-state index in [1.54, 1.807) is 34.4 Å². The molecular weight excluding hydrogens is 446 g/mol. The summed E-state index contributed by atoms with van der Waals surface area (Å²) in [5.41, 5.74) is 0.405. The Hall–Kier alpha value is -1.49. The normalized spacial score (nSPS) is 19.2. The van der Waals surface area contributed by atoms with Crippen LogP contribution in [0.15, 0.2) is 41.3 Å². The molecule has 0 radical (unpaired) electrons. The van der Waals surface area contributed by atoms with Crippen LogP contribution >= 0.6 is 22.9 Å². The van der Waals surface area contributed by atoms with Crippen LogP contribution in [0.25, 0.3) is 0 Å². The summed E-state index contributed by atoms with van der Waals surface area (Å²) in [6.07, 6.45) is 0. The van der Waals surface area contributed by atoms with E-state index >= 15 is 0 Å². The lowest BCUT2D eigenvalue weighted by Gasteiger charge is -2.34. The fourth-order valence-corrected chi connectivity index (χ4v) is 6.26. The van der Waals surface area contributed by atoms with Crippen LogP contribution in [0.4, 0.5) is 0 Å². The summed E-state index contributed by atoms with van der Waals surface area (Å²) >= 11 is 7.58. The highest BCUT2D eigenvalue weighted by atomic mass is 35.5. The molecule has 0 atom stereocenters. The Labute approximate surface area is 185 Å².